The smallest absolute Gasteiger partial charge is 0.405 e. The van der Waals surface area contributed by atoms with Crippen LogP contribution < -0.4 is 26.6 Å². The first-order valence-electron chi connectivity index (χ1n) is 14.6. The van der Waals surface area contributed by atoms with Gasteiger partial charge in [0.1, 0.15) is 12.1 Å². The average Bonchev–Trinajstić information content (AvgIpc) is 3.39. The van der Waals surface area contributed by atoms with Crippen molar-refractivity contribution in [2.24, 2.45) is 11.8 Å². The van der Waals surface area contributed by atoms with Crippen LogP contribution in [-0.2, 0) is 30.4 Å². The summed E-state index contributed by atoms with van der Waals surface area (Å²) < 4.78 is 0. The number of pyridine rings is 1. The molecule has 2 heterocycles. The second-order valence-electron chi connectivity index (χ2n) is 11.3. The first kappa shape index (κ1) is 33.7. The molecule has 0 spiro atoms. The number of ketones is 1. The molecule has 1 aromatic heterocycles. The van der Waals surface area contributed by atoms with E-state index in [9.17, 15) is 33.9 Å². The topological polar surface area (TPSA) is 196 Å². The number of hydrogen-bond acceptors (Lipinski definition) is 7. The van der Waals surface area contributed by atoms with Gasteiger partial charge in [-0.25, -0.2) is 4.79 Å². The lowest BCUT2D eigenvalue weighted by molar-refractivity contribution is -0.141. The van der Waals surface area contributed by atoms with Crippen LogP contribution in [0.4, 0.5) is 4.79 Å². The summed E-state index contributed by atoms with van der Waals surface area (Å²) in [5.41, 5.74) is 1.24. The normalized spacial score (nSPS) is 17.0. The fourth-order valence-corrected chi connectivity index (χ4v) is 4.97. The number of carbonyl (C=O) groups is 6. The Morgan fingerprint density at radius 1 is 0.886 bits per heavy atom. The maximum atomic E-state index is 13.6. The third-order valence-electron chi connectivity index (χ3n) is 7.28. The Labute approximate surface area is 256 Å². The van der Waals surface area contributed by atoms with Gasteiger partial charge in [-0.2, -0.15) is 0 Å². The highest BCUT2D eigenvalue weighted by atomic mass is 16.4. The van der Waals surface area contributed by atoms with Crippen LogP contribution in [0, 0.1) is 11.8 Å². The van der Waals surface area contributed by atoms with Gasteiger partial charge in [0.15, 0.2) is 0 Å². The van der Waals surface area contributed by atoms with Gasteiger partial charge in [0, 0.05) is 30.8 Å². The summed E-state index contributed by atoms with van der Waals surface area (Å²) >= 11 is 0. The highest BCUT2D eigenvalue weighted by molar-refractivity contribution is 6.38. The van der Waals surface area contributed by atoms with E-state index in [-0.39, 0.29) is 31.1 Å². The lowest BCUT2D eigenvalue weighted by Gasteiger charge is -2.26. The number of aromatic nitrogens is 1. The number of hydrogen-bond donors (Lipinski definition) is 6. The summed E-state index contributed by atoms with van der Waals surface area (Å²) in [4.78, 5) is 81.2. The van der Waals surface area contributed by atoms with Crippen LogP contribution in [0.25, 0.3) is 0 Å². The molecule has 6 N–H and O–H groups in total. The van der Waals surface area contributed by atoms with E-state index in [0.29, 0.717) is 18.7 Å². The van der Waals surface area contributed by atoms with E-state index in [1.54, 1.807) is 49.4 Å². The van der Waals surface area contributed by atoms with E-state index in [2.05, 4.69) is 31.6 Å². The fourth-order valence-electron chi connectivity index (χ4n) is 4.97. The first-order chi connectivity index (χ1) is 20.9. The number of amides is 5. The second-order valence-corrected chi connectivity index (χ2v) is 11.3. The highest BCUT2D eigenvalue weighted by Crippen LogP contribution is 2.18. The van der Waals surface area contributed by atoms with Gasteiger partial charge in [-0.15, -0.1) is 0 Å². The number of carboxylic acid groups (broad SMARTS) is 1. The maximum absolute atomic E-state index is 13.6. The molecule has 5 atom stereocenters. The van der Waals surface area contributed by atoms with Crippen molar-refractivity contribution in [1.82, 2.24) is 31.6 Å². The molecule has 3 rings (SSSR count). The number of carbonyl (C=O) groups excluding carboxylic acids is 5. The van der Waals surface area contributed by atoms with Crippen LogP contribution in [0.3, 0.4) is 0 Å². The summed E-state index contributed by atoms with van der Waals surface area (Å²) in [6, 6.07) is 9.80. The zero-order chi connectivity index (χ0) is 32.2. The van der Waals surface area contributed by atoms with Crippen LogP contribution in [0.2, 0.25) is 0 Å². The monoisotopic (exact) mass is 608 g/mol. The molecule has 5 amide bonds. The Balaban J connectivity index is 1.78. The molecular weight excluding hydrogens is 568 g/mol. The van der Waals surface area contributed by atoms with Crippen molar-refractivity contribution in [3.05, 3.63) is 66.0 Å². The highest BCUT2D eigenvalue weighted by Gasteiger charge is 2.36. The van der Waals surface area contributed by atoms with Crippen LogP contribution in [0.15, 0.2) is 54.7 Å². The number of rotatable bonds is 15. The molecule has 2 aromatic rings. The van der Waals surface area contributed by atoms with Crippen LogP contribution >= 0.6 is 0 Å². The van der Waals surface area contributed by atoms with Gasteiger partial charge in [0.05, 0.1) is 12.1 Å². The molecule has 1 aliphatic heterocycles. The minimum atomic E-state index is -1.43. The third kappa shape index (κ3) is 10.2. The number of nitrogens with one attached hydrogen (secondary N) is 5. The molecule has 0 bridgehead atoms. The van der Waals surface area contributed by atoms with Gasteiger partial charge in [-0.3, -0.25) is 29.0 Å². The van der Waals surface area contributed by atoms with Gasteiger partial charge in [0.2, 0.25) is 23.5 Å². The van der Waals surface area contributed by atoms with Crippen LogP contribution in [-0.4, -0.2) is 70.3 Å². The standard InChI is InChI=1S/C31H40N6O7/c1-18(2)15-24(36-29(41)25(37-31(43)44)17-22-11-7-8-13-32-22)28(40)35-23(16-21-12-14-33-27(21)39)26(38)30(42)34-19(3)20-9-5-4-6-10-20/h4-11,13,18-19,21,23-25,37H,12,14-17H2,1-3H3,(H,33,39)(H,34,42)(H,35,40)(H,36,41)(H,43,44)/t19?,21-,23?,24?,25?/m0/s1. The van der Waals surface area contributed by atoms with Crippen molar-refractivity contribution in [3.8, 4) is 0 Å². The summed E-state index contributed by atoms with van der Waals surface area (Å²) in [7, 11) is 0. The van der Waals surface area contributed by atoms with E-state index < -0.39 is 59.7 Å². The molecule has 1 saturated heterocycles. The molecule has 0 radical (unpaired) electrons. The van der Waals surface area contributed by atoms with E-state index in [4.69, 9.17) is 0 Å². The Morgan fingerprint density at radius 2 is 1.55 bits per heavy atom. The summed E-state index contributed by atoms with van der Waals surface area (Å²) in [6.45, 7) is 5.80. The Morgan fingerprint density at radius 3 is 2.14 bits per heavy atom. The number of Topliss-reactive ketones (excluding diaryl/α,β-unsaturated/α-hetero) is 1. The molecule has 1 aliphatic rings. The zero-order valence-corrected chi connectivity index (χ0v) is 25.0. The van der Waals surface area contributed by atoms with Crippen molar-refractivity contribution in [3.63, 3.8) is 0 Å². The minimum absolute atomic E-state index is 0.0628. The van der Waals surface area contributed by atoms with Crippen LogP contribution in [0.5, 0.6) is 0 Å². The largest absolute Gasteiger partial charge is 0.465 e. The molecule has 4 unspecified atom stereocenters. The quantitative estimate of drug-likeness (QED) is 0.162. The Kier molecular flexibility index (Phi) is 12.4. The van der Waals surface area contributed by atoms with Crippen molar-refractivity contribution in [1.29, 1.82) is 0 Å². The zero-order valence-electron chi connectivity index (χ0n) is 25.0. The molecule has 1 fully saturated rings. The third-order valence-corrected chi connectivity index (χ3v) is 7.28. The molecule has 44 heavy (non-hydrogen) atoms. The van der Waals surface area contributed by atoms with E-state index in [0.717, 1.165) is 5.56 Å². The maximum Gasteiger partial charge on any atom is 0.405 e. The van der Waals surface area contributed by atoms with Gasteiger partial charge in [0.25, 0.3) is 5.91 Å². The van der Waals surface area contributed by atoms with Gasteiger partial charge in [-0.1, -0.05) is 50.2 Å². The average molecular weight is 609 g/mol. The van der Waals surface area contributed by atoms with Crippen molar-refractivity contribution in [2.75, 3.05) is 6.54 Å². The fraction of sp³-hybridized carbons (Fsp3) is 0.452. The minimum Gasteiger partial charge on any atom is -0.465 e. The molecule has 13 nitrogen and oxygen atoms in total. The first-order valence-corrected chi connectivity index (χ1v) is 14.6. The lowest BCUT2D eigenvalue weighted by Crippen LogP contribution is -2.57. The van der Waals surface area contributed by atoms with Crippen LogP contribution in [0.1, 0.15) is 57.3 Å². The Hall–Kier alpha value is -4.81. The van der Waals surface area contributed by atoms with Crippen molar-refractivity contribution >= 4 is 35.5 Å². The van der Waals surface area contributed by atoms with Gasteiger partial charge < -0.3 is 31.7 Å². The molecular formula is C31H40N6O7. The lowest BCUT2D eigenvalue weighted by atomic mass is 9.94. The predicted molar refractivity (Wildman–Crippen MR) is 160 cm³/mol. The summed E-state index contributed by atoms with van der Waals surface area (Å²) in [5.74, 6) is -4.29. The number of nitrogens with zero attached hydrogens (tertiary/aromatic N) is 1. The molecule has 0 saturated carbocycles. The summed E-state index contributed by atoms with van der Waals surface area (Å²) in [5, 5.41) is 22.1. The Bertz CT molecular complexity index is 1320. The van der Waals surface area contributed by atoms with E-state index in [1.165, 1.54) is 6.20 Å². The van der Waals surface area contributed by atoms with E-state index in [1.807, 2.05) is 19.9 Å². The van der Waals surface area contributed by atoms with Gasteiger partial charge >= 0.3 is 6.09 Å². The molecule has 13 heteroatoms. The van der Waals surface area contributed by atoms with Crippen molar-refractivity contribution < 1.29 is 33.9 Å². The number of benzene rings is 1. The van der Waals surface area contributed by atoms with E-state index >= 15 is 0 Å². The second kappa shape index (κ2) is 16.1. The molecule has 1 aromatic carbocycles. The SMILES string of the molecule is CC(C)CC(NC(=O)C(Cc1ccccn1)NC(=O)O)C(=O)NC(C[C@@H]1CCNC1=O)C(=O)C(=O)NC(C)c1ccccc1. The molecule has 236 valence electrons. The summed E-state index contributed by atoms with van der Waals surface area (Å²) in [6.07, 6.45) is 0.508. The predicted octanol–water partition coefficient (Wildman–Crippen LogP) is 1.25. The van der Waals surface area contributed by atoms with Gasteiger partial charge in [-0.05, 0) is 49.8 Å². The molecule has 0 aliphatic carbocycles. The van der Waals surface area contributed by atoms with Crippen molar-refractivity contribution in [2.45, 2.75) is 70.6 Å².